The minimum Gasteiger partial charge on any atom is -0.468 e. The number of methoxy groups -OCH3 is 2. The van der Waals surface area contributed by atoms with Crippen molar-refractivity contribution < 1.29 is 18.7 Å². The van der Waals surface area contributed by atoms with Gasteiger partial charge in [0.05, 0.1) is 19.8 Å². The van der Waals surface area contributed by atoms with Crippen molar-refractivity contribution in [3.8, 4) is 17.4 Å². The predicted molar refractivity (Wildman–Crippen MR) is 70.5 cm³/mol. The Balaban J connectivity index is 2.57. The Morgan fingerprint density at radius 3 is 2.70 bits per heavy atom. The summed E-state index contributed by atoms with van der Waals surface area (Å²) in [6.07, 6.45) is 0. The van der Waals surface area contributed by atoms with Gasteiger partial charge >= 0.3 is 5.97 Å². The fraction of sp³-hybridized carbons (Fsp3) is 0.167. The van der Waals surface area contributed by atoms with Crippen LogP contribution in [0.4, 0.5) is 4.39 Å². The highest BCUT2D eigenvalue weighted by Gasteiger charge is 2.12. The Kier molecular flexibility index (Phi) is 4.04. The molecule has 0 bridgehead atoms. The molecule has 0 unspecified atom stereocenters. The van der Waals surface area contributed by atoms with Crippen LogP contribution >= 0.6 is 12.2 Å². The van der Waals surface area contributed by atoms with Gasteiger partial charge < -0.3 is 9.47 Å². The van der Waals surface area contributed by atoms with Crippen LogP contribution in [-0.4, -0.2) is 35.1 Å². The Bertz CT molecular complexity index is 717. The van der Waals surface area contributed by atoms with Crippen LogP contribution in [0, 0.1) is 10.6 Å². The molecule has 20 heavy (non-hydrogen) atoms. The molecule has 0 fully saturated rings. The number of rotatable bonds is 3. The second-order valence-electron chi connectivity index (χ2n) is 3.71. The van der Waals surface area contributed by atoms with E-state index in [1.807, 2.05) is 0 Å². The summed E-state index contributed by atoms with van der Waals surface area (Å²) in [6, 6.07) is 3.85. The minimum atomic E-state index is -0.648. The summed E-state index contributed by atoms with van der Waals surface area (Å²) in [7, 11) is 2.62. The molecule has 0 radical (unpaired) electrons. The smallest absolute Gasteiger partial charge is 0.337 e. The van der Waals surface area contributed by atoms with E-state index in [4.69, 9.17) is 17.0 Å². The van der Waals surface area contributed by atoms with Crippen molar-refractivity contribution in [2.24, 2.45) is 0 Å². The van der Waals surface area contributed by atoms with Crippen LogP contribution in [0.15, 0.2) is 18.2 Å². The van der Waals surface area contributed by atoms with Crippen LogP contribution in [0.25, 0.3) is 11.4 Å². The molecule has 0 aliphatic rings. The number of aromatic nitrogens is 3. The molecule has 1 aromatic carbocycles. The molecule has 0 saturated carbocycles. The zero-order valence-corrected chi connectivity index (χ0v) is 11.5. The molecule has 0 aliphatic heterocycles. The molecule has 8 heteroatoms. The maximum Gasteiger partial charge on any atom is 0.337 e. The first-order valence-corrected chi connectivity index (χ1v) is 5.86. The fourth-order valence-electron chi connectivity index (χ4n) is 1.56. The van der Waals surface area contributed by atoms with Crippen LogP contribution in [0.2, 0.25) is 0 Å². The molecule has 0 atom stereocenters. The van der Waals surface area contributed by atoms with E-state index >= 15 is 0 Å². The molecular formula is C12H10FN3O3S. The first kappa shape index (κ1) is 14.1. The van der Waals surface area contributed by atoms with Gasteiger partial charge in [-0.25, -0.2) is 14.2 Å². The number of aromatic amines is 1. The van der Waals surface area contributed by atoms with Crippen molar-refractivity contribution in [2.45, 2.75) is 0 Å². The van der Waals surface area contributed by atoms with Gasteiger partial charge in [-0.1, -0.05) is 0 Å². The van der Waals surface area contributed by atoms with E-state index in [1.165, 1.54) is 26.4 Å². The lowest BCUT2D eigenvalue weighted by Crippen LogP contribution is -2.03. The summed E-state index contributed by atoms with van der Waals surface area (Å²) in [4.78, 5) is 22.0. The van der Waals surface area contributed by atoms with E-state index in [1.54, 1.807) is 0 Å². The summed E-state index contributed by atoms with van der Waals surface area (Å²) in [5, 5.41) is 0. The minimum absolute atomic E-state index is 0.0412. The maximum atomic E-state index is 13.6. The summed E-state index contributed by atoms with van der Waals surface area (Å²) in [6.45, 7) is 0. The lowest BCUT2D eigenvalue weighted by atomic mass is 10.1. The van der Waals surface area contributed by atoms with E-state index in [0.29, 0.717) is 5.56 Å². The van der Waals surface area contributed by atoms with E-state index in [0.717, 1.165) is 6.07 Å². The zero-order chi connectivity index (χ0) is 14.7. The number of nitrogens with zero attached hydrogens (tertiary/aromatic N) is 2. The number of benzene rings is 1. The van der Waals surface area contributed by atoms with Gasteiger partial charge in [-0.05, 0) is 30.4 Å². The average molecular weight is 295 g/mol. The average Bonchev–Trinajstić information content (AvgIpc) is 2.45. The normalized spacial score (nSPS) is 10.2. The molecule has 104 valence electrons. The predicted octanol–water partition coefficient (Wildman–Crippen LogP) is 2.14. The lowest BCUT2D eigenvalue weighted by molar-refractivity contribution is 0.0600. The Hall–Kier alpha value is -2.35. The molecule has 2 aromatic rings. The van der Waals surface area contributed by atoms with Crippen molar-refractivity contribution in [3.05, 3.63) is 34.4 Å². The maximum absolute atomic E-state index is 13.6. The topological polar surface area (TPSA) is 77.1 Å². The molecule has 0 spiro atoms. The molecular weight excluding hydrogens is 285 g/mol. The van der Waals surface area contributed by atoms with Crippen LogP contribution < -0.4 is 4.74 Å². The first-order valence-electron chi connectivity index (χ1n) is 5.45. The summed E-state index contributed by atoms with van der Waals surface area (Å²) in [5.41, 5.74) is 0.400. The Morgan fingerprint density at radius 1 is 1.30 bits per heavy atom. The Labute approximate surface area is 118 Å². The van der Waals surface area contributed by atoms with Crippen LogP contribution in [0.3, 0.4) is 0 Å². The Morgan fingerprint density at radius 2 is 2.05 bits per heavy atom. The monoisotopic (exact) mass is 295 g/mol. The van der Waals surface area contributed by atoms with Crippen molar-refractivity contribution in [1.82, 2.24) is 15.0 Å². The number of halogens is 1. The van der Waals surface area contributed by atoms with Gasteiger partial charge in [0.25, 0.3) is 6.01 Å². The molecule has 1 heterocycles. The number of nitrogens with one attached hydrogen (secondary N) is 1. The highest BCUT2D eigenvalue weighted by atomic mass is 32.1. The number of ether oxygens (including phenoxy) is 2. The fourth-order valence-corrected chi connectivity index (χ4v) is 1.73. The number of carbonyl (C=O) groups excluding carboxylic acids is 1. The molecule has 6 nitrogen and oxygen atoms in total. The van der Waals surface area contributed by atoms with E-state index in [2.05, 4.69) is 19.7 Å². The third kappa shape index (κ3) is 2.97. The van der Waals surface area contributed by atoms with Gasteiger partial charge in [-0.15, -0.1) is 0 Å². The van der Waals surface area contributed by atoms with Gasteiger partial charge in [0.2, 0.25) is 4.77 Å². The number of hydrogen-bond acceptors (Lipinski definition) is 6. The van der Waals surface area contributed by atoms with E-state index in [9.17, 15) is 9.18 Å². The molecule has 1 N–H and O–H groups in total. The second-order valence-corrected chi connectivity index (χ2v) is 4.07. The van der Waals surface area contributed by atoms with Crippen LogP contribution in [-0.2, 0) is 4.74 Å². The summed E-state index contributed by atoms with van der Waals surface area (Å²) < 4.78 is 23.1. The number of hydrogen-bond donors (Lipinski definition) is 1. The summed E-state index contributed by atoms with van der Waals surface area (Å²) in [5.74, 6) is -1.00. The standard InChI is InChI=1S/C12H10FN3O3S/c1-18-10(17)7-3-6(4-8(13)5-7)9-14-11(19-2)16-12(20)15-9/h3-5H,1-2H3,(H,14,15,16,20). The molecule has 0 amide bonds. The van der Waals surface area contributed by atoms with Crippen LogP contribution in [0.1, 0.15) is 10.4 Å². The number of carbonyl (C=O) groups is 1. The third-order valence-electron chi connectivity index (χ3n) is 2.42. The zero-order valence-electron chi connectivity index (χ0n) is 10.6. The SMILES string of the molecule is COC(=O)c1cc(F)cc(-c2nc(=S)nc(OC)[nH]2)c1. The molecule has 1 aromatic heterocycles. The second kappa shape index (κ2) is 5.74. The van der Waals surface area contributed by atoms with Gasteiger partial charge in [0, 0.05) is 5.56 Å². The van der Waals surface area contributed by atoms with Crippen LogP contribution in [0.5, 0.6) is 6.01 Å². The van der Waals surface area contributed by atoms with E-state index < -0.39 is 11.8 Å². The van der Waals surface area contributed by atoms with Gasteiger partial charge in [-0.2, -0.15) is 4.98 Å². The molecule has 0 saturated heterocycles. The summed E-state index contributed by atoms with van der Waals surface area (Å²) >= 11 is 4.89. The van der Waals surface area contributed by atoms with Crippen molar-refractivity contribution in [1.29, 1.82) is 0 Å². The highest BCUT2D eigenvalue weighted by molar-refractivity contribution is 7.71. The van der Waals surface area contributed by atoms with Crippen molar-refractivity contribution >= 4 is 18.2 Å². The molecule has 0 aliphatic carbocycles. The third-order valence-corrected chi connectivity index (χ3v) is 2.60. The van der Waals surface area contributed by atoms with E-state index in [-0.39, 0.29) is 22.2 Å². The van der Waals surface area contributed by atoms with Crippen molar-refractivity contribution in [3.63, 3.8) is 0 Å². The first-order chi connectivity index (χ1) is 9.53. The quantitative estimate of drug-likeness (QED) is 0.690. The number of esters is 1. The lowest BCUT2D eigenvalue weighted by Gasteiger charge is -2.06. The van der Waals surface area contributed by atoms with Gasteiger partial charge in [0.1, 0.15) is 11.6 Å². The largest absolute Gasteiger partial charge is 0.468 e. The number of H-pyrrole nitrogens is 1. The van der Waals surface area contributed by atoms with Gasteiger partial charge in [0.15, 0.2) is 0 Å². The molecule has 2 rings (SSSR count). The van der Waals surface area contributed by atoms with Gasteiger partial charge in [-0.3, -0.25) is 4.98 Å². The van der Waals surface area contributed by atoms with Crippen molar-refractivity contribution in [2.75, 3.05) is 14.2 Å². The highest BCUT2D eigenvalue weighted by Crippen LogP contribution is 2.20.